The van der Waals surface area contributed by atoms with Crippen molar-refractivity contribution in [1.29, 1.82) is 0 Å². The molecule has 11 nitrogen and oxygen atoms in total. The Morgan fingerprint density at radius 2 is 1.49 bits per heavy atom. The molecule has 4 aromatic carbocycles. The molecule has 53 heavy (non-hydrogen) atoms. The van der Waals surface area contributed by atoms with Crippen molar-refractivity contribution in [1.82, 2.24) is 14.2 Å². The van der Waals surface area contributed by atoms with Gasteiger partial charge >= 0.3 is 5.97 Å². The van der Waals surface area contributed by atoms with Crippen molar-refractivity contribution < 1.29 is 27.5 Å². The first-order valence-electron chi connectivity index (χ1n) is 17.9. The van der Waals surface area contributed by atoms with Crippen molar-refractivity contribution in [3.63, 3.8) is 0 Å². The number of hydrogen-bond acceptors (Lipinski definition) is 7. The van der Waals surface area contributed by atoms with Gasteiger partial charge in [0, 0.05) is 34.7 Å². The minimum absolute atomic E-state index is 0.0540. The van der Waals surface area contributed by atoms with E-state index in [2.05, 4.69) is 20.5 Å². The average molecular weight is 736 g/mol. The van der Waals surface area contributed by atoms with Crippen LogP contribution in [0.15, 0.2) is 102 Å². The number of piperidine rings is 1. The second-order valence-electron chi connectivity index (χ2n) is 13.3. The Labute approximate surface area is 310 Å². The van der Waals surface area contributed by atoms with Gasteiger partial charge in [-0.3, -0.25) is 9.59 Å². The molecule has 5 aromatic rings. The fourth-order valence-electron chi connectivity index (χ4n) is 6.87. The van der Waals surface area contributed by atoms with Crippen LogP contribution in [0.3, 0.4) is 0 Å². The molecule has 0 radical (unpaired) electrons. The fraction of sp³-hybridized carbons (Fsp3) is 0.293. The summed E-state index contributed by atoms with van der Waals surface area (Å²) in [6.07, 6.45) is 4.09. The first-order chi connectivity index (χ1) is 25.6. The van der Waals surface area contributed by atoms with Crippen LogP contribution in [0.25, 0.3) is 10.9 Å². The molecule has 276 valence electrons. The topological polar surface area (TPSA) is 141 Å². The lowest BCUT2D eigenvalue weighted by Crippen LogP contribution is -2.46. The number of rotatable bonds is 13. The van der Waals surface area contributed by atoms with Gasteiger partial charge in [-0.1, -0.05) is 55.5 Å². The van der Waals surface area contributed by atoms with Crippen LogP contribution in [-0.2, 0) is 27.6 Å². The minimum atomic E-state index is -3.85. The number of para-hydroxylation sites is 1. The summed E-state index contributed by atoms with van der Waals surface area (Å²) in [5, 5.41) is 6.43. The standard InChI is InChI=1S/C41H45N5O6S/c1-4-46(33-23-25-45(2)26-24-33)53(50,51)34-12-8-11-31(27-34)39(47)44-38-37(35-13-5-6-14-36(35)43-38)40(48)42-32-21-17-29(18-22-32)10-7-9-28-15-19-30(20-16-28)41(49)52-3/h5-6,8,11-22,27,33,43H,4,7,9-10,23-26H2,1-3H3,(H,42,48)(H,44,47). The number of aryl methyl sites for hydroxylation is 2. The van der Waals surface area contributed by atoms with Crippen LogP contribution in [0.2, 0.25) is 0 Å². The molecular formula is C41H45N5O6S. The Morgan fingerprint density at radius 3 is 2.15 bits per heavy atom. The van der Waals surface area contributed by atoms with Gasteiger partial charge < -0.3 is 25.3 Å². The number of nitrogens with one attached hydrogen (secondary N) is 3. The third-order valence-corrected chi connectivity index (χ3v) is 11.8. The lowest BCUT2D eigenvalue weighted by molar-refractivity contribution is 0.0600. The molecule has 1 fully saturated rings. The quantitative estimate of drug-likeness (QED) is 0.114. The number of likely N-dealkylation sites (tertiary alicyclic amines) is 1. The number of amides is 2. The highest BCUT2D eigenvalue weighted by Gasteiger charge is 2.32. The lowest BCUT2D eigenvalue weighted by atomic mass is 10.0. The van der Waals surface area contributed by atoms with Crippen LogP contribution in [0.5, 0.6) is 0 Å². The third-order valence-electron chi connectivity index (χ3n) is 9.80. The summed E-state index contributed by atoms with van der Waals surface area (Å²) in [6, 6.07) is 28.3. The van der Waals surface area contributed by atoms with Crippen LogP contribution in [0.4, 0.5) is 11.5 Å². The predicted octanol–water partition coefficient (Wildman–Crippen LogP) is 6.74. The van der Waals surface area contributed by atoms with Crippen LogP contribution < -0.4 is 10.6 Å². The van der Waals surface area contributed by atoms with Gasteiger partial charge in [-0.2, -0.15) is 4.31 Å². The van der Waals surface area contributed by atoms with Crippen LogP contribution in [-0.4, -0.2) is 80.2 Å². The second-order valence-corrected chi connectivity index (χ2v) is 15.2. The number of carbonyl (C=O) groups is 3. The number of esters is 1. The lowest BCUT2D eigenvalue weighted by Gasteiger charge is -2.36. The fourth-order valence-corrected chi connectivity index (χ4v) is 8.61. The highest BCUT2D eigenvalue weighted by molar-refractivity contribution is 7.89. The third kappa shape index (κ3) is 8.68. The van der Waals surface area contributed by atoms with E-state index in [1.807, 2.05) is 68.6 Å². The van der Waals surface area contributed by atoms with Gasteiger partial charge in [-0.15, -0.1) is 0 Å². The molecule has 12 heteroatoms. The molecule has 1 aliphatic heterocycles. The zero-order valence-corrected chi connectivity index (χ0v) is 31.0. The van der Waals surface area contributed by atoms with Crippen molar-refractivity contribution in [2.24, 2.45) is 0 Å². The molecule has 6 rings (SSSR count). The molecule has 2 amide bonds. The van der Waals surface area contributed by atoms with E-state index >= 15 is 0 Å². The number of anilines is 2. The monoisotopic (exact) mass is 735 g/mol. The van der Waals surface area contributed by atoms with Gasteiger partial charge in [0.15, 0.2) is 0 Å². The van der Waals surface area contributed by atoms with E-state index in [1.54, 1.807) is 34.6 Å². The molecule has 0 spiro atoms. The molecular weight excluding hydrogens is 691 g/mol. The van der Waals surface area contributed by atoms with Gasteiger partial charge in [0.1, 0.15) is 5.82 Å². The van der Waals surface area contributed by atoms with Crippen molar-refractivity contribution in [3.8, 4) is 0 Å². The molecule has 2 heterocycles. The average Bonchev–Trinajstić information content (AvgIpc) is 3.54. The summed E-state index contributed by atoms with van der Waals surface area (Å²) in [5.74, 6) is -1.10. The highest BCUT2D eigenvalue weighted by atomic mass is 32.2. The highest BCUT2D eigenvalue weighted by Crippen LogP contribution is 2.29. The molecule has 1 saturated heterocycles. The Bertz CT molecular complexity index is 2190. The van der Waals surface area contributed by atoms with E-state index in [0.29, 0.717) is 28.7 Å². The molecule has 1 aliphatic rings. The number of carbonyl (C=O) groups excluding carboxylic acids is 3. The summed E-state index contributed by atoms with van der Waals surface area (Å²) < 4.78 is 33.9. The molecule has 0 atom stereocenters. The number of ether oxygens (including phenoxy) is 1. The van der Waals surface area contributed by atoms with E-state index in [9.17, 15) is 22.8 Å². The summed E-state index contributed by atoms with van der Waals surface area (Å²) in [6.45, 7) is 3.81. The maximum absolute atomic E-state index is 13.8. The summed E-state index contributed by atoms with van der Waals surface area (Å²) in [5.41, 5.74) is 4.46. The molecule has 1 aromatic heterocycles. The van der Waals surface area contributed by atoms with Crippen LogP contribution in [0, 0.1) is 0 Å². The van der Waals surface area contributed by atoms with Crippen molar-refractivity contribution >= 4 is 50.2 Å². The maximum Gasteiger partial charge on any atom is 0.337 e. The molecule has 0 saturated carbocycles. The van der Waals surface area contributed by atoms with E-state index in [-0.39, 0.29) is 33.9 Å². The largest absolute Gasteiger partial charge is 0.465 e. The van der Waals surface area contributed by atoms with E-state index < -0.39 is 21.8 Å². The zero-order chi connectivity index (χ0) is 37.5. The molecule has 3 N–H and O–H groups in total. The Kier molecular flexibility index (Phi) is 11.7. The number of H-pyrrole nitrogens is 1. The Balaban J connectivity index is 1.13. The smallest absolute Gasteiger partial charge is 0.337 e. The first-order valence-corrected chi connectivity index (χ1v) is 19.3. The summed E-state index contributed by atoms with van der Waals surface area (Å²) >= 11 is 0. The van der Waals surface area contributed by atoms with Crippen molar-refractivity contribution in [2.45, 2.75) is 50.0 Å². The van der Waals surface area contributed by atoms with Crippen LogP contribution in [0.1, 0.15) is 68.4 Å². The molecule has 0 bridgehead atoms. The number of hydrogen-bond donors (Lipinski definition) is 3. The van der Waals surface area contributed by atoms with Crippen molar-refractivity contribution in [2.75, 3.05) is 44.4 Å². The van der Waals surface area contributed by atoms with E-state index in [4.69, 9.17) is 4.74 Å². The number of sulfonamides is 1. The molecule has 0 aliphatic carbocycles. The number of aromatic nitrogens is 1. The van der Waals surface area contributed by atoms with Gasteiger partial charge in [0.2, 0.25) is 10.0 Å². The molecule has 0 unspecified atom stereocenters. The van der Waals surface area contributed by atoms with E-state index in [1.165, 1.54) is 19.2 Å². The Hall–Kier alpha value is -5.30. The van der Waals surface area contributed by atoms with E-state index in [0.717, 1.165) is 56.3 Å². The number of benzene rings is 4. The number of methoxy groups -OCH3 is 1. The number of nitrogens with zero attached hydrogens (tertiary/aromatic N) is 2. The summed E-state index contributed by atoms with van der Waals surface area (Å²) in [4.78, 5) is 44.5. The Morgan fingerprint density at radius 1 is 0.830 bits per heavy atom. The maximum atomic E-state index is 13.8. The van der Waals surface area contributed by atoms with Gasteiger partial charge in [-0.05, 0) is 112 Å². The number of fused-ring (bicyclic) bond motifs is 1. The van der Waals surface area contributed by atoms with Gasteiger partial charge in [-0.25, -0.2) is 13.2 Å². The van der Waals surface area contributed by atoms with Gasteiger partial charge in [0.05, 0.1) is 23.1 Å². The minimum Gasteiger partial charge on any atom is -0.465 e. The van der Waals surface area contributed by atoms with Gasteiger partial charge in [0.25, 0.3) is 11.8 Å². The zero-order valence-electron chi connectivity index (χ0n) is 30.2. The second kappa shape index (κ2) is 16.6. The summed E-state index contributed by atoms with van der Waals surface area (Å²) in [7, 11) is -0.454. The SMILES string of the molecule is CCN(C1CCN(C)CC1)S(=O)(=O)c1cccc(C(=O)Nc2[nH]c3ccccc3c2C(=O)Nc2ccc(CCCc3ccc(C(=O)OC)cc3)cc2)c1. The first kappa shape index (κ1) is 37.5. The normalized spacial score (nSPS) is 14.0. The number of aromatic amines is 1. The predicted molar refractivity (Wildman–Crippen MR) is 207 cm³/mol. The van der Waals surface area contributed by atoms with Crippen molar-refractivity contribution in [3.05, 3.63) is 125 Å². The van der Waals surface area contributed by atoms with Crippen LogP contribution >= 0.6 is 0 Å².